The van der Waals surface area contributed by atoms with Gasteiger partial charge in [0.25, 0.3) is 5.91 Å². The van der Waals surface area contributed by atoms with Crippen LogP contribution in [0.5, 0.6) is 0 Å². The SMILES string of the molecule is O=C(Nc1nc2ccccc2s1)c1ccccc1SCc1ccccc1. The van der Waals surface area contributed by atoms with Crippen molar-refractivity contribution >= 4 is 44.4 Å². The van der Waals surface area contributed by atoms with Gasteiger partial charge in [0.15, 0.2) is 5.13 Å². The van der Waals surface area contributed by atoms with Crippen LogP contribution in [0.4, 0.5) is 5.13 Å². The molecule has 0 spiro atoms. The predicted molar refractivity (Wildman–Crippen MR) is 110 cm³/mol. The second-order valence-corrected chi connectivity index (χ2v) is 7.76. The molecule has 1 N–H and O–H groups in total. The van der Waals surface area contributed by atoms with E-state index in [0.29, 0.717) is 10.7 Å². The Hall–Kier alpha value is -2.63. The minimum absolute atomic E-state index is 0.125. The Morgan fingerprint density at radius 3 is 2.50 bits per heavy atom. The maximum atomic E-state index is 12.8. The number of para-hydroxylation sites is 1. The first-order valence-corrected chi connectivity index (χ1v) is 10.0. The Morgan fingerprint density at radius 1 is 0.923 bits per heavy atom. The average Bonchev–Trinajstić information content (AvgIpc) is 3.09. The quantitative estimate of drug-likeness (QED) is 0.445. The third kappa shape index (κ3) is 3.79. The Morgan fingerprint density at radius 2 is 1.65 bits per heavy atom. The van der Waals surface area contributed by atoms with E-state index in [1.807, 2.05) is 66.7 Å². The van der Waals surface area contributed by atoms with Crippen molar-refractivity contribution in [1.82, 2.24) is 4.98 Å². The molecule has 4 aromatic rings. The number of fused-ring (bicyclic) bond motifs is 1. The zero-order valence-corrected chi connectivity index (χ0v) is 15.5. The number of aromatic nitrogens is 1. The molecule has 0 fully saturated rings. The minimum atomic E-state index is -0.125. The van der Waals surface area contributed by atoms with E-state index >= 15 is 0 Å². The molecule has 0 saturated heterocycles. The van der Waals surface area contributed by atoms with Crippen LogP contribution in [-0.2, 0) is 5.75 Å². The molecule has 0 aliphatic heterocycles. The zero-order valence-electron chi connectivity index (χ0n) is 13.9. The number of benzene rings is 3. The van der Waals surface area contributed by atoms with E-state index in [4.69, 9.17) is 0 Å². The van der Waals surface area contributed by atoms with Crippen LogP contribution in [0.1, 0.15) is 15.9 Å². The van der Waals surface area contributed by atoms with E-state index in [1.165, 1.54) is 16.9 Å². The number of hydrogen-bond acceptors (Lipinski definition) is 4. The number of nitrogens with zero attached hydrogens (tertiary/aromatic N) is 1. The molecule has 0 radical (unpaired) electrons. The number of thiazole rings is 1. The van der Waals surface area contributed by atoms with Gasteiger partial charge in [0, 0.05) is 10.6 Å². The molecule has 0 bridgehead atoms. The first-order chi connectivity index (χ1) is 12.8. The molecule has 4 rings (SSSR count). The van der Waals surface area contributed by atoms with Gasteiger partial charge in [-0.2, -0.15) is 0 Å². The van der Waals surface area contributed by atoms with Crippen molar-refractivity contribution in [2.24, 2.45) is 0 Å². The summed E-state index contributed by atoms with van der Waals surface area (Å²) in [6.07, 6.45) is 0. The summed E-state index contributed by atoms with van der Waals surface area (Å²) in [4.78, 5) is 18.2. The topological polar surface area (TPSA) is 42.0 Å². The normalized spacial score (nSPS) is 10.8. The van der Waals surface area contributed by atoms with E-state index < -0.39 is 0 Å². The van der Waals surface area contributed by atoms with Gasteiger partial charge in [0.1, 0.15) is 0 Å². The van der Waals surface area contributed by atoms with Crippen LogP contribution in [0.25, 0.3) is 10.2 Å². The van der Waals surface area contributed by atoms with Crippen molar-refractivity contribution < 1.29 is 4.79 Å². The highest BCUT2D eigenvalue weighted by Crippen LogP contribution is 2.29. The van der Waals surface area contributed by atoms with Crippen LogP contribution in [-0.4, -0.2) is 10.9 Å². The number of carbonyl (C=O) groups is 1. The second-order valence-electron chi connectivity index (χ2n) is 5.71. The van der Waals surface area contributed by atoms with Crippen LogP contribution in [0, 0.1) is 0 Å². The predicted octanol–water partition coefficient (Wildman–Crippen LogP) is 5.84. The van der Waals surface area contributed by atoms with Gasteiger partial charge in [-0.3, -0.25) is 10.1 Å². The number of amides is 1. The highest BCUT2D eigenvalue weighted by atomic mass is 32.2. The Labute approximate surface area is 160 Å². The van der Waals surface area contributed by atoms with Gasteiger partial charge < -0.3 is 0 Å². The molecule has 0 aliphatic rings. The van der Waals surface area contributed by atoms with E-state index in [0.717, 1.165) is 20.9 Å². The van der Waals surface area contributed by atoms with Gasteiger partial charge in [0.05, 0.1) is 15.8 Å². The van der Waals surface area contributed by atoms with Crippen LogP contribution >= 0.6 is 23.1 Å². The molecule has 3 aromatic carbocycles. The third-order valence-electron chi connectivity index (χ3n) is 3.88. The highest BCUT2D eigenvalue weighted by Gasteiger charge is 2.14. The summed E-state index contributed by atoms with van der Waals surface area (Å²) >= 11 is 3.15. The zero-order chi connectivity index (χ0) is 17.8. The lowest BCUT2D eigenvalue weighted by Crippen LogP contribution is -2.12. The maximum Gasteiger partial charge on any atom is 0.258 e. The number of nitrogens with one attached hydrogen (secondary N) is 1. The molecule has 128 valence electrons. The lowest BCUT2D eigenvalue weighted by atomic mass is 10.2. The molecule has 5 heteroatoms. The lowest BCUT2D eigenvalue weighted by molar-refractivity contribution is 0.102. The first kappa shape index (κ1) is 16.8. The molecule has 1 aromatic heterocycles. The van der Waals surface area contributed by atoms with E-state index in [1.54, 1.807) is 11.8 Å². The fourth-order valence-corrected chi connectivity index (χ4v) is 4.47. The van der Waals surface area contributed by atoms with Gasteiger partial charge in [0.2, 0.25) is 0 Å². The van der Waals surface area contributed by atoms with Crippen LogP contribution in [0.15, 0.2) is 83.8 Å². The molecule has 1 amide bonds. The molecule has 3 nitrogen and oxygen atoms in total. The standard InChI is InChI=1S/C21H16N2OS2/c24-20(23-21-22-17-11-5-7-13-19(17)26-21)16-10-4-6-12-18(16)25-14-15-8-2-1-3-9-15/h1-13H,14H2,(H,22,23,24). The lowest BCUT2D eigenvalue weighted by Gasteiger charge is -2.08. The van der Waals surface area contributed by atoms with Crippen molar-refractivity contribution in [2.45, 2.75) is 10.6 Å². The Balaban J connectivity index is 1.52. The molecule has 0 saturated carbocycles. The van der Waals surface area contributed by atoms with Crippen molar-refractivity contribution in [3.63, 3.8) is 0 Å². The van der Waals surface area contributed by atoms with Gasteiger partial charge in [-0.1, -0.05) is 65.9 Å². The fraction of sp³-hybridized carbons (Fsp3) is 0.0476. The average molecular weight is 377 g/mol. The number of carbonyl (C=O) groups excluding carboxylic acids is 1. The molecular weight excluding hydrogens is 360 g/mol. The summed E-state index contributed by atoms with van der Waals surface area (Å²) in [7, 11) is 0. The fourth-order valence-electron chi connectivity index (χ4n) is 2.61. The Bertz CT molecular complexity index is 1010. The van der Waals surface area contributed by atoms with Crippen LogP contribution in [0.3, 0.4) is 0 Å². The summed E-state index contributed by atoms with van der Waals surface area (Å²) in [5, 5.41) is 3.57. The summed E-state index contributed by atoms with van der Waals surface area (Å²) in [6.45, 7) is 0. The van der Waals surface area contributed by atoms with Gasteiger partial charge in [-0.05, 0) is 29.8 Å². The summed E-state index contributed by atoms with van der Waals surface area (Å²) in [5.74, 6) is 0.701. The second kappa shape index (κ2) is 7.72. The Kier molecular flexibility index (Phi) is 5.00. The van der Waals surface area contributed by atoms with Gasteiger partial charge in [-0.25, -0.2) is 4.98 Å². The largest absolute Gasteiger partial charge is 0.298 e. The van der Waals surface area contributed by atoms with Crippen molar-refractivity contribution in [3.8, 4) is 0 Å². The van der Waals surface area contributed by atoms with Crippen LogP contribution < -0.4 is 5.32 Å². The maximum absolute atomic E-state index is 12.8. The molecule has 1 heterocycles. The van der Waals surface area contributed by atoms with E-state index in [9.17, 15) is 4.79 Å². The smallest absolute Gasteiger partial charge is 0.258 e. The molecule has 0 aliphatic carbocycles. The summed E-state index contributed by atoms with van der Waals surface area (Å²) in [6, 6.07) is 25.8. The first-order valence-electron chi connectivity index (χ1n) is 8.22. The van der Waals surface area contributed by atoms with Crippen molar-refractivity contribution in [2.75, 3.05) is 5.32 Å². The molecule has 26 heavy (non-hydrogen) atoms. The molecule has 0 atom stereocenters. The monoisotopic (exact) mass is 376 g/mol. The number of anilines is 1. The van der Waals surface area contributed by atoms with E-state index in [2.05, 4.69) is 22.4 Å². The third-order valence-corrected chi connectivity index (χ3v) is 5.98. The van der Waals surface area contributed by atoms with Gasteiger partial charge in [-0.15, -0.1) is 11.8 Å². The number of rotatable bonds is 5. The van der Waals surface area contributed by atoms with Gasteiger partial charge >= 0.3 is 0 Å². The highest BCUT2D eigenvalue weighted by molar-refractivity contribution is 7.98. The van der Waals surface area contributed by atoms with E-state index in [-0.39, 0.29) is 5.91 Å². The molecule has 0 unspecified atom stereocenters. The number of thioether (sulfide) groups is 1. The molecular formula is C21H16N2OS2. The summed E-state index contributed by atoms with van der Waals surface area (Å²) < 4.78 is 1.06. The minimum Gasteiger partial charge on any atom is -0.298 e. The van der Waals surface area contributed by atoms with Crippen LogP contribution in [0.2, 0.25) is 0 Å². The van der Waals surface area contributed by atoms with Crippen molar-refractivity contribution in [3.05, 3.63) is 90.0 Å². The van der Waals surface area contributed by atoms with Crippen molar-refractivity contribution in [1.29, 1.82) is 0 Å². The number of hydrogen-bond donors (Lipinski definition) is 1. The summed E-state index contributed by atoms with van der Waals surface area (Å²) in [5.41, 5.74) is 2.81.